The Bertz CT molecular complexity index is 195. The fourth-order valence-corrected chi connectivity index (χ4v) is 2.15. The van der Waals surface area contributed by atoms with E-state index in [-0.39, 0.29) is 11.9 Å². The van der Waals surface area contributed by atoms with Crippen molar-refractivity contribution in [3.8, 4) is 0 Å². The molecule has 2 rings (SSSR count). The second-order valence-corrected chi connectivity index (χ2v) is 4.25. The first kappa shape index (κ1) is 9.00. The molecule has 1 heterocycles. The van der Waals surface area contributed by atoms with Crippen LogP contribution in [0.15, 0.2) is 0 Å². The second kappa shape index (κ2) is 3.66. The van der Waals surface area contributed by atoms with E-state index in [1.807, 2.05) is 4.90 Å². The van der Waals surface area contributed by atoms with Crippen LogP contribution in [0.1, 0.15) is 32.1 Å². The lowest BCUT2D eigenvalue weighted by molar-refractivity contribution is -0.133. The minimum Gasteiger partial charge on any atom is -0.341 e. The molecule has 0 spiro atoms. The number of amides is 1. The van der Waals surface area contributed by atoms with Gasteiger partial charge in [0.1, 0.15) is 0 Å². The summed E-state index contributed by atoms with van der Waals surface area (Å²) in [5.74, 6) is 0.676. The van der Waals surface area contributed by atoms with Crippen LogP contribution in [0.4, 0.5) is 0 Å². The van der Waals surface area contributed by atoms with Crippen molar-refractivity contribution in [1.29, 1.82) is 0 Å². The maximum Gasteiger partial charge on any atom is 0.239 e. The van der Waals surface area contributed by atoms with Gasteiger partial charge in [-0.1, -0.05) is 6.42 Å². The molecule has 1 atom stereocenters. The molecule has 1 unspecified atom stereocenters. The van der Waals surface area contributed by atoms with E-state index in [1.165, 1.54) is 6.42 Å². The molecule has 1 saturated heterocycles. The highest BCUT2D eigenvalue weighted by Crippen LogP contribution is 2.29. The fraction of sp³-hybridized carbons (Fsp3) is 0.900. The van der Waals surface area contributed by atoms with Gasteiger partial charge >= 0.3 is 0 Å². The van der Waals surface area contributed by atoms with Gasteiger partial charge in [0.05, 0.1) is 6.04 Å². The van der Waals surface area contributed by atoms with Gasteiger partial charge in [-0.05, 0) is 31.6 Å². The number of nitrogens with zero attached hydrogens (tertiary/aromatic N) is 1. The number of hydrogen-bond donors (Lipinski definition) is 1. The van der Waals surface area contributed by atoms with Gasteiger partial charge in [-0.3, -0.25) is 4.79 Å². The molecule has 1 saturated carbocycles. The summed E-state index contributed by atoms with van der Waals surface area (Å²) in [6, 6.07) is -0.202. The molecule has 3 nitrogen and oxygen atoms in total. The summed E-state index contributed by atoms with van der Waals surface area (Å²) in [5, 5.41) is 0. The smallest absolute Gasteiger partial charge is 0.239 e. The van der Waals surface area contributed by atoms with E-state index >= 15 is 0 Å². The van der Waals surface area contributed by atoms with Crippen molar-refractivity contribution in [2.75, 3.05) is 13.1 Å². The Kier molecular flexibility index (Phi) is 2.54. The Morgan fingerprint density at radius 1 is 1.23 bits per heavy atom. The van der Waals surface area contributed by atoms with Crippen LogP contribution < -0.4 is 5.73 Å². The van der Waals surface area contributed by atoms with E-state index in [0.717, 1.165) is 38.8 Å². The minimum absolute atomic E-state index is 0.196. The minimum atomic E-state index is -0.202. The number of carbonyl (C=O) groups is 1. The molecule has 2 fully saturated rings. The van der Waals surface area contributed by atoms with Crippen molar-refractivity contribution >= 4 is 5.91 Å². The molecule has 1 aliphatic carbocycles. The summed E-state index contributed by atoms with van der Waals surface area (Å²) < 4.78 is 0. The first-order valence-electron chi connectivity index (χ1n) is 5.33. The third-order valence-electron chi connectivity index (χ3n) is 3.36. The van der Waals surface area contributed by atoms with Crippen LogP contribution in [0, 0.1) is 5.92 Å². The van der Waals surface area contributed by atoms with Crippen LogP contribution in [0.25, 0.3) is 0 Å². The second-order valence-electron chi connectivity index (χ2n) is 4.25. The van der Waals surface area contributed by atoms with Gasteiger partial charge in [-0.25, -0.2) is 0 Å². The van der Waals surface area contributed by atoms with Crippen LogP contribution in [0.2, 0.25) is 0 Å². The molecule has 0 aromatic heterocycles. The topological polar surface area (TPSA) is 46.3 Å². The standard InChI is InChI=1S/C10H18N2O/c11-9(8-4-3-5-8)10(13)12-6-1-2-7-12/h8-9H,1-7,11H2. The predicted octanol–water partition coefficient (Wildman–Crippen LogP) is 0.736. The molecule has 0 aromatic carbocycles. The normalized spacial score (nSPS) is 25.8. The molecule has 2 aliphatic rings. The van der Waals surface area contributed by atoms with Crippen LogP contribution in [-0.4, -0.2) is 29.9 Å². The van der Waals surface area contributed by atoms with Gasteiger partial charge in [0.2, 0.25) is 5.91 Å². The van der Waals surface area contributed by atoms with Gasteiger partial charge in [-0.2, -0.15) is 0 Å². The highest BCUT2D eigenvalue weighted by Gasteiger charge is 2.32. The van der Waals surface area contributed by atoms with Crippen LogP contribution in [0.3, 0.4) is 0 Å². The first-order chi connectivity index (χ1) is 6.29. The molecule has 13 heavy (non-hydrogen) atoms. The van der Waals surface area contributed by atoms with Crippen molar-refractivity contribution in [3.05, 3.63) is 0 Å². The van der Waals surface area contributed by atoms with Gasteiger partial charge < -0.3 is 10.6 Å². The van der Waals surface area contributed by atoms with Crippen molar-refractivity contribution in [2.24, 2.45) is 11.7 Å². The zero-order valence-electron chi connectivity index (χ0n) is 8.04. The summed E-state index contributed by atoms with van der Waals surface area (Å²) >= 11 is 0. The first-order valence-corrected chi connectivity index (χ1v) is 5.33. The largest absolute Gasteiger partial charge is 0.341 e. The van der Waals surface area contributed by atoms with Gasteiger partial charge in [0, 0.05) is 13.1 Å². The summed E-state index contributed by atoms with van der Waals surface area (Å²) in [6.45, 7) is 1.86. The van der Waals surface area contributed by atoms with Crippen molar-refractivity contribution in [2.45, 2.75) is 38.1 Å². The molecule has 1 aliphatic heterocycles. The van der Waals surface area contributed by atoms with E-state index in [2.05, 4.69) is 0 Å². The summed E-state index contributed by atoms with van der Waals surface area (Å²) in [6.07, 6.45) is 5.87. The average molecular weight is 182 g/mol. The van der Waals surface area contributed by atoms with Crippen molar-refractivity contribution in [3.63, 3.8) is 0 Å². The van der Waals surface area contributed by atoms with Gasteiger partial charge in [-0.15, -0.1) is 0 Å². The Balaban J connectivity index is 1.87. The van der Waals surface area contributed by atoms with E-state index in [1.54, 1.807) is 0 Å². The molecular formula is C10H18N2O. The van der Waals surface area contributed by atoms with Crippen LogP contribution in [0.5, 0.6) is 0 Å². The number of likely N-dealkylation sites (tertiary alicyclic amines) is 1. The Labute approximate surface area is 79.3 Å². The SMILES string of the molecule is NC(C(=O)N1CCCC1)C1CCC1. The van der Waals surface area contributed by atoms with Gasteiger partial charge in [0.25, 0.3) is 0 Å². The highest BCUT2D eigenvalue weighted by molar-refractivity contribution is 5.82. The Morgan fingerprint density at radius 3 is 2.31 bits per heavy atom. The zero-order valence-corrected chi connectivity index (χ0v) is 8.04. The third kappa shape index (κ3) is 1.70. The summed E-state index contributed by atoms with van der Waals surface area (Å²) in [5.41, 5.74) is 5.91. The predicted molar refractivity (Wildman–Crippen MR) is 51.1 cm³/mol. The molecular weight excluding hydrogens is 164 g/mol. The molecule has 0 aromatic rings. The number of rotatable bonds is 2. The van der Waals surface area contributed by atoms with E-state index in [9.17, 15) is 4.79 Å². The maximum absolute atomic E-state index is 11.8. The van der Waals surface area contributed by atoms with Crippen molar-refractivity contribution < 1.29 is 4.79 Å². The molecule has 0 bridgehead atoms. The average Bonchev–Trinajstić information content (AvgIpc) is 2.51. The lowest BCUT2D eigenvalue weighted by atomic mass is 9.79. The Hall–Kier alpha value is -0.570. The number of nitrogens with two attached hydrogens (primary N) is 1. The summed E-state index contributed by atoms with van der Waals surface area (Å²) in [7, 11) is 0. The molecule has 2 N–H and O–H groups in total. The van der Waals surface area contributed by atoms with E-state index < -0.39 is 0 Å². The monoisotopic (exact) mass is 182 g/mol. The van der Waals surface area contributed by atoms with E-state index in [4.69, 9.17) is 5.73 Å². The third-order valence-corrected chi connectivity index (χ3v) is 3.36. The summed E-state index contributed by atoms with van der Waals surface area (Å²) in [4.78, 5) is 13.7. The molecule has 74 valence electrons. The fourth-order valence-electron chi connectivity index (χ4n) is 2.15. The van der Waals surface area contributed by atoms with Crippen LogP contribution in [-0.2, 0) is 4.79 Å². The van der Waals surface area contributed by atoms with Crippen molar-refractivity contribution in [1.82, 2.24) is 4.90 Å². The Morgan fingerprint density at radius 2 is 1.85 bits per heavy atom. The lowest BCUT2D eigenvalue weighted by Crippen LogP contribution is -2.48. The quantitative estimate of drug-likeness (QED) is 0.684. The number of carbonyl (C=O) groups excluding carboxylic acids is 1. The molecule has 1 amide bonds. The maximum atomic E-state index is 11.8. The lowest BCUT2D eigenvalue weighted by Gasteiger charge is -2.32. The van der Waals surface area contributed by atoms with Gasteiger partial charge in [0.15, 0.2) is 0 Å². The zero-order chi connectivity index (χ0) is 9.26. The number of hydrogen-bond acceptors (Lipinski definition) is 2. The van der Waals surface area contributed by atoms with Crippen LogP contribution >= 0.6 is 0 Å². The van der Waals surface area contributed by atoms with E-state index in [0.29, 0.717) is 5.92 Å². The highest BCUT2D eigenvalue weighted by atomic mass is 16.2. The molecule has 0 radical (unpaired) electrons. The molecule has 3 heteroatoms.